The highest BCUT2D eigenvalue weighted by Crippen LogP contribution is 2.31. The van der Waals surface area contributed by atoms with Crippen LogP contribution in [-0.2, 0) is 13.0 Å². The minimum atomic E-state index is 0.0250. The average molecular weight is 327 g/mol. The van der Waals surface area contributed by atoms with Crippen LogP contribution in [0, 0.1) is 0 Å². The third-order valence-electron chi connectivity index (χ3n) is 4.82. The van der Waals surface area contributed by atoms with Gasteiger partial charge < -0.3 is 19.5 Å². The molecule has 0 saturated carbocycles. The Bertz CT molecular complexity index is 732. The Morgan fingerprint density at radius 2 is 2.21 bits per heavy atom. The maximum Gasteiger partial charge on any atom is 0.259 e. The highest BCUT2D eigenvalue weighted by Gasteiger charge is 2.35. The predicted octanol–water partition coefficient (Wildman–Crippen LogP) is 2.31. The lowest BCUT2D eigenvalue weighted by atomic mass is 10.00. The summed E-state index contributed by atoms with van der Waals surface area (Å²) in [4.78, 5) is 14.8. The van der Waals surface area contributed by atoms with Crippen LogP contribution in [0.15, 0.2) is 28.8 Å². The van der Waals surface area contributed by atoms with Gasteiger partial charge in [-0.05, 0) is 37.1 Å². The number of benzene rings is 1. The summed E-state index contributed by atoms with van der Waals surface area (Å²) in [5.74, 6) is 1.58. The summed E-state index contributed by atoms with van der Waals surface area (Å²) in [6, 6.07) is 7.97. The van der Waals surface area contributed by atoms with Crippen molar-refractivity contribution in [2.75, 3.05) is 20.2 Å². The molecule has 1 fully saturated rings. The molecule has 1 saturated heterocycles. The van der Waals surface area contributed by atoms with Gasteiger partial charge in [0.15, 0.2) is 5.76 Å². The van der Waals surface area contributed by atoms with Crippen LogP contribution in [0.25, 0.3) is 0 Å². The molecule has 0 aliphatic carbocycles. The van der Waals surface area contributed by atoms with Gasteiger partial charge in [-0.2, -0.15) is 0 Å². The molecule has 1 unspecified atom stereocenters. The number of nitrogens with one attached hydrogen (secondary N) is 1. The summed E-state index contributed by atoms with van der Waals surface area (Å²) >= 11 is 0. The molecule has 1 amide bonds. The molecular weight excluding hydrogens is 306 g/mol. The Hall–Kier alpha value is -2.34. The molecule has 24 heavy (non-hydrogen) atoms. The van der Waals surface area contributed by atoms with Gasteiger partial charge >= 0.3 is 0 Å². The molecule has 126 valence electrons. The van der Waals surface area contributed by atoms with Crippen molar-refractivity contribution in [1.29, 1.82) is 0 Å². The second-order valence-corrected chi connectivity index (χ2v) is 6.34. The van der Waals surface area contributed by atoms with Crippen LogP contribution in [-0.4, -0.2) is 36.2 Å². The number of rotatable bonds is 4. The molecule has 3 heterocycles. The zero-order chi connectivity index (χ0) is 16.5. The van der Waals surface area contributed by atoms with E-state index >= 15 is 0 Å². The second kappa shape index (κ2) is 6.28. The number of hydrogen-bond donors (Lipinski definition) is 1. The van der Waals surface area contributed by atoms with Crippen LogP contribution in [0.3, 0.4) is 0 Å². The first kappa shape index (κ1) is 15.2. The van der Waals surface area contributed by atoms with Crippen molar-refractivity contribution in [2.45, 2.75) is 31.8 Å². The van der Waals surface area contributed by atoms with E-state index in [4.69, 9.17) is 9.26 Å². The fourth-order valence-electron chi connectivity index (χ4n) is 3.49. The number of aromatic nitrogens is 1. The van der Waals surface area contributed by atoms with Gasteiger partial charge in [0.1, 0.15) is 17.0 Å². The largest absolute Gasteiger partial charge is 0.497 e. The molecule has 1 aromatic carbocycles. The molecule has 2 aliphatic rings. The summed E-state index contributed by atoms with van der Waals surface area (Å²) in [5, 5.41) is 7.59. The minimum Gasteiger partial charge on any atom is -0.497 e. The number of carbonyl (C=O) groups excluding carboxylic acids is 1. The molecule has 1 aromatic heterocycles. The van der Waals surface area contributed by atoms with Crippen LogP contribution >= 0.6 is 0 Å². The van der Waals surface area contributed by atoms with Crippen molar-refractivity contribution in [3.05, 3.63) is 46.8 Å². The predicted molar refractivity (Wildman–Crippen MR) is 87.9 cm³/mol. The zero-order valence-electron chi connectivity index (χ0n) is 13.7. The zero-order valence-corrected chi connectivity index (χ0v) is 13.7. The summed E-state index contributed by atoms with van der Waals surface area (Å²) in [6.07, 6.45) is 2.83. The van der Waals surface area contributed by atoms with Gasteiger partial charge in [-0.25, -0.2) is 0 Å². The van der Waals surface area contributed by atoms with Crippen LogP contribution < -0.4 is 10.1 Å². The number of nitrogens with zero attached hydrogens (tertiary/aromatic N) is 2. The van der Waals surface area contributed by atoms with Crippen LogP contribution in [0.5, 0.6) is 5.75 Å². The normalized spacial score (nSPS) is 20.3. The van der Waals surface area contributed by atoms with E-state index in [1.807, 2.05) is 29.2 Å². The number of ether oxygens (including phenoxy) is 1. The molecule has 4 rings (SSSR count). The highest BCUT2D eigenvalue weighted by molar-refractivity contribution is 5.97. The van der Waals surface area contributed by atoms with Crippen molar-refractivity contribution in [2.24, 2.45) is 0 Å². The third kappa shape index (κ3) is 2.67. The van der Waals surface area contributed by atoms with E-state index in [1.54, 1.807) is 7.11 Å². The van der Waals surface area contributed by atoms with Gasteiger partial charge in [-0.3, -0.25) is 4.79 Å². The molecule has 2 aromatic rings. The first-order valence-electron chi connectivity index (χ1n) is 8.40. The summed E-state index contributed by atoms with van der Waals surface area (Å²) in [5.41, 5.74) is 2.55. The van der Waals surface area contributed by atoms with Gasteiger partial charge in [-0.15, -0.1) is 0 Å². The molecule has 0 spiro atoms. The first-order valence-corrected chi connectivity index (χ1v) is 8.40. The summed E-state index contributed by atoms with van der Waals surface area (Å²) in [6.45, 7) is 2.21. The lowest BCUT2D eigenvalue weighted by molar-refractivity contribution is 0.0717. The van der Waals surface area contributed by atoms with Gasteiger partial charge in [0.05, 0.1) is 13.2 Å². The van der Waals surface area contributed by atoms with E-state index in [0.717, 1.165) is 48.6 Å². The van der Waals surface area contributed by atoms with Gasteiger partial charge in [0.25, 0.3) is 5.91 Å². The lowest BCUT2D eigenvalue weighted by Crippen LogP contribution is -2.37. The average Bonchev–Trinajstić information content (AvgIpc) is 3.27. The van der Waals surface area contributed by atoms with Crippen LogP contribution in [0.4, 0.5) is 0 Å². The molecule has 1 N–H and O–H groups in total. The summed E-state index contributed by atoms with van der Waals surface area (Å²) in [7, 11) is 1.65. The Labute approximate surface area is 140 Å². The third-order valence-corrected chi connectivity index (χ3v) is 4.82. The fourth-order valence-corrected chi connectivity index (χ4v) is 3.49. The smallest absolute Gasteiger partial charge is 0.259 e. The monoisotopic (exact) mass is 327 g/mol. The van der Waals surface area contributed by atoms with Gasteiger partial charge in [-0.1, -0.05) is 17.3 Å². The van der Waals surface area contributed by atoms with Crippen molar-refractivity contribution < 1.29 is 14.1 Å². The van der Waals surface area contributed by atoms with Gasteiger partial charge in [0, 0.05) is 19.5 Å². The van der Waals surface area contributed by atoms with E-state index in [1.165, 1.54) is 0 Å². The van der Waals surface area contributed by atoms with E-state index in [9.17, 15) is 4.79 Å². The van der Waals surface area contributed by atoms with E-state index in [-0.39, 0.29) is 11.9 Å². The topological polar surface area (TPSA) is 67.6 Å². The SMILES string of the molecule is COc1ccc(CN2CCc3onc(C4CCCN4)c3C2=O)cc1. The molecular formula is C18H21N3O3. The standard InChI is InChI=1S/C18H21N3O3/c1-23-13-6-4-12(5-7-13)11-21-10-8-15-16(18(21)22)17(20-24-15)14-3-2-9-19-14/h4-7,14,19H,2-3,8-11H2,1H3. The Balaban J connectivity index is 1.55. The maximum atomic E-state index is 13.0. The quantitative estimate of drug-likeness (QED) is 0.933. The second-order valence-electron chi connectivity index (χ2n) is 6.34. The highest BCUT2D eigenvalue weighted by atomic mass is 16.5. The van der Waals surface area contributed by atoms with Crippen molar-refractivity contribution in [1.82, 2.24) is 15.4 Å². The fraction of sp³-hybridized carbons (Fsp3) is 0.444. The molecule has 6 heteroatoms. The molecule has 2 aliphatic heterocycles. The number of fused-ring (bicyclic) bond motifs is 1. The number of hydrogen-bond acceptors (Lipinski definition) is 5. The van der Waals surface area contributed by atoms with Crippen molar-refractivity contribution in [3.63, 3.8) is 0 Å². The number of amides is 1. The number of methoxy groups -OCH3 is 1. The van der Waals surface area contributed by atoms with E-state index in [0.29, 0.717) is 18.7 Å². The van der Waals surface area contributed by atoms with Gasteiger partial charge in [0.2, 0.25) is 0 Å². The lowest BCUT2D eigenvalue weighted by Gasteiger charge is -2.26. The molecule has 6 nitrogen and oxygen atoms in total. The van der Waals surface area contributed by atoms with E-state index < -0.39 is 0 Å². The first-order chi connectivity index (χ1) is 11.8. The summed E-state index contributed by atoms with van der Waals surface area (Å²) < 4.78 is 10.6. The van der Waals surface area contributed by atoms with Crippen LogP contribution in [0.1, 0.15) is 46.3 Å². The Kier molecular flexibility index (Phi) is 3.98. The molecule has 0 radical (unpaired) electrons. The van der Waals surface area contributed by atoms with Crippen molar-refractivity contribution in [3.8, 4) is 5.75 Å². The maximum absolute atomic E-state index is 13.0. The minimum absolute atomic E-state index is 0.0250. The van der Waals surface area contributed by atoms with E-state index in [2.05, 4.69) is 10.5 Å². The van der Waals surface area contributed by atoms with Crippen LogP contribution in [0.2, 0.25) is 0 Å². The number of carbonyl (C=O) groups is 1. The van der Waals surface area contributed by atoms with Crippen molar-refractivity contribution >= 4 is 5.91 Å². The Morgan fingerprint density at radius 1 is 1.38 bits per heavy atom. The molecule has 0 bridgehead atoms. The Morgan fingerprint density at radius 3 is 2.92 bits per heavy atom. The molecule has 1 atom stereocenters.